The lowest BCUT2D eigenvalue weighted by Crippen LogP contribution is -2.14. The van der Waals surface area contributed by atoms with Crippen molar-refractivity contribution in [1.29, 1.82) is 0 Å². The highest BCUT2D eigenvalue weighted by Crippen LogP contribution is 2.29. The first-order valence-electron chi connectivity index (χ1n) is 8.54. The highest BCUT2D eigenvalue weighted by molar-refractivity contribution is 7.89. The second-order valence-corrected chi connectivity index (χ2v) is 7.88. The first-order chi connectivity index (χ1) is 12.7. The number of hydrogen-bond acceptors (Lipinski definition) is 5. The number of ether oxygens (including phenoxy) is 2. The Labute approximate surface area is 159 Å². The van der Waals surface area contributed by atoms with Gasteiger partial charge < -0.3 is 14.8 Å². The molecular formula is C19H24N2O5S. The normalized spacial score (nSPS) is 11.3. The molecule has 8 heteroatoms. The van der Waals surface area contributed by atoms with E-state index in [1.165, 1.54) is 24.3 Å². The lowest BCUT2D eigenvalue weighted by molar-refractivity contribution is 0.102. The molecule has 3 N–H and O–H groups in total. The van der Waals surface area contributed by atoms with E-state index in [2.05, 4.69) is 5.32 Å². The summed E-state index contributed by atoms with van der Waals surface area (Å²) < 4.78 is 33.9. The molecule has 0 aliphatic rings. The summed E-state index contributed by atoms with van der Waals surface area (Å²) in [5.74, 6) is 1.09. The van der Waals surface area contributed by atoms with Gasteiger partial charge in [-0.05, 0) is 55.3 Å². The molecule has 0 bridgehead atoms. The molecule has 0 fully saturated rings. The predicted molar refractivity (Wildman–Crippen MR) is 104 cm³/mol. The monoisotopic (exact) mass is 392 g/mol. The quantitative estimate of drug-likeness (QED) is 0.718. The topological polar surface area (TPSA) is 108 Å². The Balaban J connectivity index is 2.16. The Morgan fingerprint density at radius 1 is 1.07 bits per heavy atom. The van der Waals surface area contributed by atoms with Crippen LogP contribution in [0.1, 0.15) is 31.1 Å². The van der Waals surface area contributed by atoms with Gasteiger partial charge in [0, 0.05) is 11.3 Å². The van der Waals surface area contributed by atoms with Crippen molar-refractivity contribution < 1.29 is 22.7 Å². The fourth-order valence-electron chi connectivity index (χ4n) is 2.22. The Morgan fingerprint density at radius 3 is 2.30 bits per heavy atom. The third kappa shape index (κ3) is 5.97. The molecule has 0 saturated carbocycles. The maximum Gasteiger partial charge on any atom is 0.255 e. The molecule has 0 aliphatic carbocycles. The highest BCUT2D eigenvalue weighted by atomic mass is 32.2. The van der Waals surface area contributed by atoms with E-state index in [1.807, 2.05) is 20.8 Å². The van der Waals surface area contributed by atoms with E-state index in [0.717, 1.165) is 0 Å². The van der Waals surface area contributed by atoms with E-state index in [-0.39, 0.29) is 10.8 Å². The van der Waals surface area contributed by atoms with Gasteiger partial charge in [0.15, 0.2) is 11.5 Å². The summed E-state index contributed by atoms with van der Waals surface area (Å²) >= 11 is 0. The minimum Gasteiger partial charge on any atom is -0.490 e. The summed E-state index contributed by atoms with van der Waals surface area (Å²) in [5.41, 5.74) is 0.844. The lowest BCUT2D eigenvalue weighted by Gasteiger charge is -2.14. The van der Waals surface area contributed by atoms with Gasteiger partial charge in [0.2, 0.25) is 10.0 Å². The zero-order valence-corrected chi connectivity index (χ0v) is 16.4. The molecule has 27 heavy (non-hydrogen) atoms. The highest BCUT2D eigenvalue weighted by Gasteiger charge is 2.13. The van der Waals surface area contributed by atoms with Crippen LogP contribution in [0.2, 0.25) is 0 Å². The van der Waals surface area contributed by atoms with Gasteiger partial charge in [-0.3, -0.25) is 4.79 Å². The van der Waals surface area contributed by atoms with E-state index in [1.54, 1.807) is 18.2 Å². The van der Waals surface area contributed by atoms with E-state index in [9.17, 15) is 13.2 Å². The standard InChI is InChI=1S/C19H24N2O5S/c1-4-25-18-11-14(5-10-17(18)26-12-13(2)3)19(22)21-15-6-8-16(9-7-15)27(20,23)24/h5-11,13H,4,12H2,1-3H3,(H,21,22)(H2,20,23,24). The van der Waals surface area contributed by atoms with Crippen molar-refractivity contribution in [2.45, 2.75) is 25.7 Å². The summed E-state index contributed by atoms with van der Waals surface area (Å²) in [7, 11) is -3.77. The molecule has 2 aromatic carbocycles. The molecule has 0 spiro atoms. The van der Waals surface area contributed by atoms with E-state index >= 15 is 0 Å². The van der Waals surface area contributed by atoms with Crippen LogP contribution in [-0.2, 0) is 10.0 Å². The largest absolute Gasteiger partial charge is 0.490 e. The van der Waals surface area contributed by atoms with Gasteiger partial charge in [-0.15, -0.1) is 0 Å². The zero-order chi connectivity index (χ0) is 20.0. The average molecular weight is 392 g/mol. The van der Waals surface area contributed by atoms with Crippen molar-refractivity contribution >= 4 is 21.6 Å². The van der Waals surface area contributed by atoms with Gasteiger partial charge in [-0.1, -0.05) is 13.8 Å². The number of carbonyl (C=O) groups excluding carboxylic acids is 1. The second-order valence-electron chi connectivity index (χ2n) is 6.32. The van der Waals surface area contributed by atoms with Crippen LogP contribution < -0.4 is 19.9 Å². The Hall–Kier alpha value is -2.58. The number of nitrogens with one attached hydrogen (secondary N) is 1. The molecule has 2 rings (SSSR count). The number of rotatable bonds is 8. The molecule has 0 heterocycles. The second kappa shape index (κ2) is 8.88. The fraction of sp³-hybridized carbons (Fsp3) is 0.316. The first-order valence-corrected chi connectivity index (χ1v) is 10.1. The molecule has 0 aromatic heterocycles. The summed E-state index contributed by atoms with van der Waals surface area (Å²) in [5, 5.41) is 7.77. The van der Waals surface area contributed by atoms with Crippen molar-refractivity contribution in [3.05, 3.63) is 48.0 Å². The van der Waals surface area contributed by atoms with E-state index in [4.69, 9.17) is 14.6 Å². The minimum absolute atomic E-state index is 0.0224. The van der Waals surface area contributed by atoms with E-state index < -0.39 is 10.0 Å². The minimum atomic E-state index is -3.77. The third-order valence-corrected chi connectivity index (χ3v) is 4.45. The summed E-state index contributed by atoms with van der Waals surface area (Å²) in [6, 6.07) is 10.6. The Kier molecular flexibility index (Phi) is 6.81. The van der Waals surface area contributed by atoms with Gasteiger partial charge in [0.05, 0.1) is 18.1 Å². The lowest BCUT2D eigenvalue weighted by atomic mass is 10.1. The number of sulfonamides is 1. The smallest absolute Gasteiger partial charge is 0.255 e. The summed E-state index contributed by atoms with van der Waals surface area (Å²) in [6.07, 6.45) is 0. The van der Waals surface area contributed by atoms with Crippen LogP contribution in [0, 0.1) is 5.92 Å². The number of benzene rings is 2. The molecule has 1 amide bonds. The van der Waals surface area contributed by atoms with Crippen molar-refractivity contribution in [1.82, 2.24) is 0 Å². The number of carbonyl (C=O) groups is 1. The first kappa shape index (κ1) is 20.7. The average Bonchev–Trinajstić information content (AvgIpc) is 2.60. The molecule has 146 valence electrons. The number of amides is 1. The van der Waals surface area contributed by atoms with Crippen LogP contribution in [0.15, 0.2) is 47.4 Å². The Morgan fingerprint density at radius 2 is 1.74 bits per heavy atom. The molecule has 7 nitrogen and oxygen atoms in total. The number of anilines is 1. The summed E-state index contributed by atoms with van der Waals surface area (Å²) in [6.45, 7) is 6.93. The number of primary sulfonamides is 1. The number of hydrogen-bond donors (Lipinski definition) is 2. The zero-order valence-electron chi connectivity index (χ0n) is 15.6. The molecule has 0 saturated heterocycles. The van der Waals surface area contributed by atoms with Crippen LogP contribution in [0.4, 0.5) is 5.69 Å². The van der Waals surface area contributed by atoms with Crippen LogP contribution >= 0.6 is 0 Å². The van der Waals surface area contributed by atoms with Crippen LogP contribution in [0.3, 0.4) is 0 Å². The van der Waals surface area contributed by atoms with Crippen molar-refractivity contribution in [2.24, 2.45) is 11.1 Å². The van der Waals surface area contributed by atoms with Gasteiger partial charge in [0.25, 0.3) is 5.91 Å². The van der Waals surface area contributed by atoms with Crippen LogP contribution in [0.5, 0.6) is 11.5 Å². The van der Waals surface area contributed by atoms with Crippen LogP contribution in [-0.4, -0.2) is 27.5 Å². The molecule has 0 aliphatic heterocycles. The number of nitrogens with two attached hydrogens (primary N) is 1. The van der Waals surface area contributed by atoms with Crippen molar-refractivity contribution in [3.8, 4) is 11.5 Å². The molecule has 0 atom stereocenters. The Bertz CT molecular complexity index is 893. The van der Waals surface area contributed by atoms with Gasteiger partial charge in [-0.2, -0.15) is 0 Å². The SMILES string of the molecule is CCOc1cc(C(=O)Nc2ccc(S(N)(=O)=O)cc2)ccc1OCC(C)C. The molecule has 2 aromatic rings. The van der Waals surface area contributed by atoms with E-state index in [0.29, 0.717) is 41.9 Å². The van der Waals surface area contributed by atoms with Gasteiger partial charge in [0.1, 0.15) is 0 Å². The molecule has 0 radical (unpaired) electrons. The van der Waals surface area contributed by atoms with Gasteiger partial charge in [-0.25, -0.2) is 13.6 Å². The fourth-order valence-corrected chi connectivity index (χ4v) is 2.74. The maximum absolute atomic E-state index is 12.5. The van der Waals surface area contributed by atoms with Crippen LogP contribution in [0.25, 0.3) is 0 Å². The predicted octanol–water partition coefficient (Wildman–Crippen LogP) is 3.02. The molecular weight excluding hydrogens is 368 g/mol. The molecule has 0 unspecified atom stereocenters. The van der Waals surface area contributed by atoms with Crippen molar-refractivity contribution in [2.75, 3.05) is 18.5 Å². The maximum atomic E-state index is 12.5. The van der Waals surface area contributed by atoms with Gasteiger partial charge >= 0.3 is 0 Å². The summed E-state index contributed by atoms with van der Waals surface area (Å²) in [4.78, 5) is 12.5. The van der Waals surface area contributed by atoms with Crippen molar-refractivity contribution in [3.63, 3.8) is 0 Å². The third-order valence-electron chi connectivity index (χ3n) is 3.52.